The van der Waals surface area contributed by atoms with Gasteiger partial charge in [0.2, 0.25) is 0 Å². The number of furan rings is 1. The molecule has 0 spiro atoms. The van der Waals surface area contributed by atoms with Crippen molar-refractivity contribution in [1.29, 1.82) is 0 Å². The number of amides is 1. The Labute approximate surface area is 168 Å². The number of nitrogens with two attached hydrogens (primary N) is 2. The van der Waals surface area contributed by atoms with Crippen LogP contribution in [0.1, 0.15) is 33.0 Å². The third kappa shape index (κ3) is 4.99. The predicted molar refractivity (Wildman–Crippen MR) is 109 cm³/mol. The number of rotatable bonds is 7. The lowest BCUT2D eigenvalue weighted by molar-refractivity contribution is 0.0908. The van der Waals surface area contributed by atoms with E-state index < -0.39 is 5.91 Å². The molecule has 1 aromatic heterocycles. The molecule has 1 atom stereocenters. The molecule has 150 valence electrons. The van der Waals surface area contributed by atoms with Gasteiger partial charge in [-0.3, -0.25) is 9.79 Å². The van der Waals surface area contributed by atoms with Crippen molar-refractivity contribution in [2.24, 2.45) is 16.5 Å². The first-order valence-electron chi connectivity index (χ1n) is 8.72. The maximum absolute atomic E-state index is 13.7. The highest BCUT2D eigenvalue weighted by Crippen LogP contribution is 2.21. The molecular weight excluding hydrogens is 383 g/mol. The number of nitrogens with one attached hydrogen (secondary N) is 1. The van der Waals surface area contributed by atoms with Crippen LogP contribution < -0.4 is 16.8 Å². The highest BCUT2D eigenvalue weighted by molar-refractivity contribution is 6.46. The third-order valence-electron chi connectivity index (χ3n) is 4.33. The van der Waals surface area contributed by atoms with E-state index in [1.807, 2.05) is 6.07 Å². The summed E-state index contributed by atoms with van der Waals surface area (Å²) in [6.45, 7) is 3.59. The molecule has 0 aliphatic rings. The molecule has 1 aromatic carbocycles. The van der Waals surface area contributed by atoms with Crippen molar-refractivity contribution in [2.75, 3.05) is 13.6 Å². The zero-order chi connectivity index (χ0) is 20.8. The number of hydrogen-bond donors (Lipinski definition) is 3. The molecule has 0 aliphatic heterocycles. The number of carbonyl (C=O) groups is 1. The van der Waals surface area contributed by atoms with Crippen LogP contribution in [-0.2, 0) is 6.42 Å². The van der Waals surface area contributed by atoms with Crippen molar-refractivity contribution in [2.45, 2.75) is 26.3 Å². The van der Waals surface area contributed by atoms with E-state index in [0.29, 0.717) is 29.0 Å². The Hall–Kier alpha value is -2.64. The molecule has 0 radical (unpaired) electrons. The Morgan fingerprint density at radius 1 is 1.39 bits per heavy atom. The van der Waals surface area contributed by atoms with Gasteiger partial charge in [-0.25, -0.2) is 4.39 Å². The summed E-state index contributed by atoms with van der Waals surface area (Å²) >= 11 is 6.06. The quantitative estimate of drug-likeness (QED) is 0.614. The molecule has 8 heteroatoms. The van der Waals surface area contributed by atoms with Gasteiger partial charge in [0, 0.05) is 31.4 Å². The summed E-state index contributed by atoms with van der Waals surface area (Å²) in [6.07, 6.45) is 1.62. The molecule has 0 bridgehead atoms. The van der Waals surface area contributed by atoms with E-state index in [1.54, 1.807) is 33.0 Å². The van der Waals surface area contributed by atoms with Crippen LogP contribution in [0.3, 0.4) is 0 Å². The predicted octanol–water partition coefficient (Wildman–Crippen LogP) is 2.79. The lowest BCUT2D eigenvalue weighted by atomic mass is 10.0. The lowest BCUT2D eigenvalue weighted by Crippen LogP contribution is -2.41. The van der Waals surface area contributed by atoms with Gasteiger partial charge in [-0.15, -0.1) is 0 Å². The van der Waals surface area contributed by atoms with E-state index in [0.717, 1.165) is 5.56 Å². The molecule has 2 aromatic rings. The SMILES string of the molecule is CN=C(C(Cl)=CN)c1cc(C(=O)NC(CN)Cc2ccc(C)c(F)c2)oc1C. The van der Waals surface area contributed by atoms with E-state index in [-0.39, 0.29) is 29.2 Å². The van der Waals surface area contributed by atoms with Gasteiger partial charge in [0.1, 0.15) is 11.6 Å². The number of aryl methyl sites for hydroxylation is 2. The highest BCUT2D eigenvalue weighted by atomic mass is 35.5. The monoisotopic (exact) mass is 406 g/mol. The normalized spacial score (nSPS) is 13.5. The number of aliphatic imine (C=N–C) groups is 1. The maximum atomic E-state index is 13.7. The molecule has 0 saturated carbocycles. The molecule has 28 heavy (non-hydrogen) atoms. The average Bonchev–Trinajstić information content (AvgIpc) is 3.06. The van der Waals surface area contributed by atoms with Gasteiger partial charge in [-0.05, 0) is 43.5 Å². The Balaban J connectivity index is 2.16. The second-order valence-corrected chi connectivity index (χ2v) is 6.77. The summed E-state index contributed by atoms with van der Waals surface area (Å²) in [5.41, 5.74) is 13.5. The van der Waals surface area contributed by atoms with Crippen LogP contribution in [-0.4, -0.2) is 31.3 Å². The van der Waals surface area contributed by atoms with Crippen molar-refractivity contribution in [3.05, 3.63) is 69.5 Å². The van der Waals surface area contributed by atoms with Crippen molar-refractivity contribution in [1.82, 2.24) is 5.32 Å². The minimum Gasteiger partial charge on any atom is -0.455 e. The fourth-order valence-corrected chi connectivity index (χ4v) is 2.95. The Morgan fingerprint density at radius 3 is 2.68 bits per heavy atom. The molecule has 6 nitrogen and oxygen atoms in total. The van der Waals surface area contributed by atoms with Crippen LogP contribution in [0.25, 0.3) is 0 Å². The second kappa shape index (κ2) is 9.52. The number of hydrogen-bond acceptors (Lipinski definition) is 5. The average molecular weight is 407 g/mol. The molecule has 0 fully saturated rings. The standard InChI is InChI=1S/C20H24ClFN4O2/c1-11-4-5-13(7-17(11)22)6-14(9-23)26-20(27)18-8-15(12(2)28-18)19(25-3)16(21)10-24/h4-5,7-8,10,14H,6,9,23-24H2,1-3H3,(H,26,27). The summed E-state index contributed by atoms with van der Waals surface area (Å²) in [5.74, 6) is -0.137. The lowest BCUT2D eigenvalue weighted by Gasteiger charge is -2.16. The van der Waals surface area contributed by atoms with Gasteiger partial charge in [0.25, 0.3) is 5.91 Å². The Kier molecular flexibility index (Phi) is 7.37. The number of benzene rings is 1. The zero-order valence-corrected chi connectivity index (χ0v) is 16.8. The zero-order valence-electron chi connectivity index (χ0n) is 16.1. The summed E-state index contributed by atoms with van der Waals surface area (Å²) in [7, 11) is 1.57. The van der Waals surface area contributed by atoms with Crippen LogP contribution in [0.15, 0.2) is 44.9 Å². The van der Waals surface area contributed by atoms with E-state index in [4.69, 9.17) is 27.5 Å². The first-order valence-corrected chi connectivity index (χ1v) is 9.09. The summed E-state index contributed by atoms with van der Waals surface area (Å²) in [6, 6.07) is 6.13. The van der Waals surface area contributed by atoms with E-state index in [2.05, 4.69) is 10.3 Å². The smallest absolute Gasteiger partial charge is 0.287 e. The van der Waals surface area contributed by atoms with Gasteiger partial charge >= 0.3 is 0 Å². The van der Waals surface area contributed by atoms with Crippen LogP contribution in [0.5, 0.6) is 0 Å². The Bertz CT molecular complexity index is 921. The minimum atomic E-state index is -0.430. The fourth-order valence-electron chi connectivity index (χ4n) is 2.76. The van der Waals surface area contributed by atoms with E-state index in [9.17, 15) is 9.18 Å². The van der Waals surface area contributed by atoms with Gasteiger partial charge in [0.05, 0.1) is 10.7 Å². The van der Waals surface area contributed by atoms with Gasteiger partial charge in [-0.1, -0.05) is 23.7 Å². The number of halogens is 2. The van der Waals surface area contributed by atoms with Gasteiger partial charge in [-0.2, -0.15) is 0 Å². The Morgan fingerprint density at radius 2 is 2.11 bits per heavy atom. The van der Waals surface area contributed by atoms with Crippen molar-refractivity contribution in [3.8, 4) is 0 Å². The summed E-state index contributed by atoms with van der Waals surface area (Å²) in [5, 5.41) is 3.06. The molecular formula is C20H24ClFN4O2. The second-order valence-electron chi connectivity index (χ2n) is 6.36. The van der Waals surface area contributed by atoms with Crippen molar-refractivity contribution < 1.29 is 13.6 Å². The molecule has 1 amide bonds. The summed E-state index contributed by atoms with van der Waals surface area (Å²) in [4.78, 5) is 16.7. The number of allylic oxidation sites excluding steroid dienone is 1. The first-order chi connectivity index (χ1) is 13.3. The highest BCUT2D eigenvalue weighted by Gasteiger charge is 2.21. The third-order valence-corrected chi connectivity index (χ3v) is 4.64. The fraction of sp³-hybridized carbons (Fsp3) is 0.300. The number of nitrogens with zero attached hydrogens (tertiary/aromatic N) is 1. The molecule has 0 aliphatic carbocycles. The minimum absolute atomic E-state index is 0.101. The van der Waals surface area contributed by atoms with E-state index in [1.165, 1.54) is 12.3 Å². The van der Waals surface area contributed by atoms with E-state index >= 15 is 0 Å². The van der Waals surface area contributed by atoms with Crippen LogP contribution in [0, 0.1) is 19.7 Å². The largest absolute Gasteiger partial charge is 0.455 e. The van der Waals surface area contributed by atoms with Crippen molar-refractivity contribution in [3.63, 3.8) is 0 Å². The van der Waals surface area contributed by atoms with Crippen LogP contribution in [0.2, 0.25) is 0 Å². The van der Waals surface area contributed by atoms with Crippen molar-refractivity contribution >= 4 is 23.2 Å². The molecule has 1 unspecified atom stereocenters. The molecule has 0 saturated heterocycles. The number of carbonyl (C=O) groups excluding carboxylic acids is 1. The molecule has 2 rings (SSSR count). The van der Waals surface area contributed by atoms with Crippen LogP contribution in [0.4, 0.5) is 4.39 Å². The summed E-state index contributed by atoms with van der Waals surface area (Å²) < 4.78 is 19.3. The first kappa shape index (κ1) is 21.7. The van der Waals surface area contributed by atoms with Gasteiger partial charge < -0.3 is 21.2 Å². The maximum Gasteiger partial charge on any atom is 0.287 e. The molecule has 1 heterocycles. The molecule has 5 N–H and O–H groups in total. The van der Waals surface area contributed by atoms with Gasteiger partial charge in [0.15, 0.2) is 5.76 Å². The van der Waals surface area contributed by atoms with Crippen LogP contribution >= 0.6 is 11.6 Å². The topological polar surface area (TPSA) is 107 Å².